The van der Waals surface area contributed by atoms with Crippen molar-refractivity contribution in [3.8, 4) is 0 Å². The standard InChI is InChI=1S/C13H15N5O2/c19-13(11-5-10(15-16-11)8-1-2-8)18-4-3-9(6-18)12-14-7-20-17-12/h5,7-9H,1-4,6H2,(H,15,16). The molecular weight excluding hydrogens is 258 g/mol. The van der Waals surface area contributed by atoms with Crippen LogP contribution in [-0.4, -0.2) is 44.2 Å². The molecular formula is C13H15N5O2. The molecule has 1 saturated heterocycles. The Labute approximate surface area is 115 Å². The van der Waals surface area contributed by atoms with Gasteiger partial charge in [-0.05, 0) is 25.3 Å². The second-order valence-electron chi connectivity index (χ2n) is 5.51. The fourth-order valence-corrected chi connectivity index (χ4v) is 2.73. The molecule has 7 nitrogen and oxygen atoms in total. The number of H-pyrrole nitrogens is 1. The van der Waals surface area contributed by atoms with Crippen LogP contribution < -0.4 is 0 Å². The third-order valence-electron chi connectivity index (χ3n) is 4.05. The molecule has 3 heterocycles. The first kappa shape index (κ1) is 11.6. The van der Waals surface area contributed by atoms with E-state index in [-0.39, 0.29) is 11.8 Å². The number of rotatable bonds is 3. The van der Waals surface area contributed by atoms with E-state index in [1.54, 1.807) is 0 Å². The van der Waals surface area contributed by atoms with E-state index in [1.165, 1.54) is 19.2 Å². The highest BCUT2D eigenvalue weighted by atomic mass is 16.5. The van der Waals surface area contributed by atoms with Crippen molar-refractivity contribution in [2.24, 2.45) is 0 Å². The molecule has 1 unspecified atom stereocenters. The van der Waals surface area contributed by atoms with Gasteiger partial charge in [-0.3, -0.25) is 9.89 Å². The smallest absolute Gasteiger partial charge is 0.274 e. The van der Waals surface area contributed by atoms with Gasteiger partial charge in [-0.1, -0.05) is 5.16 Å². The van der Waals surface area contributed by atoms with Gasteiger partial charge in [0.05, 0.1) is 0 Å². The van der Waals surface area contributed by atoms with Crippen LogP contribution >= 0.6 is 0 Å². The summed E-state index contributed by atoms with van der Waals surface area (Å²) in [6.45, 7) is 1.34. The van der Waals surface area contributed by atoms with Crippen LogP contribution in [0.25, 0.3) is 0 Å². The van der Waals surface area contributed by atoms with E-state index in [9.17, 15) is 4.79 Å². The van der Waals surface area contributed by atoms with Crippen LogP contribution in [0.2, 0.25) is 0 Å². The summed E-state index contributed by atoms with van der Waals surface area (Å²) in [6, 6.07) is 1.89. The SMILES string of the molecule is O=C(c1cc(C2CC2)[nH]n1)N1CCC(c2ncon2)C1. The van der Waals surface area contributed by atoms with Crippen molar-refractivity contribution in [3.05, 3.63) is 29.7 Å². The molecule has 0 spiro atoms. The zero-order valence-electron chi connectivity index (χ0n) is 11.0. The summed E-state index contributed by atoms with van der Waals surface area (Å²) >= 11 is 0. The largest absolute Gasteiger partial charge is 0.343 e. The number of amides is 1. The molecule has 2 aromatic heterocycles. The van der Waals surface area contributed by atoms with Gasteiger partial charge in [-0.15, -0.1) is 0 Å². The first-order valence-corrected chi connectivity index (χ1v) is 6.92. The van der Waals surface area contributed by atoms with Crippen molar-refractivity contribution in [1.29, 1.82) is 0 Å². The number of aromatic nitrogens is 4. The maximum atomic E-state index is 12.4. The van der Waals surface area contributed by atoms with E-state index in [0.717, 1.165) is 12.1 Å². The van der Waals surface area contributed by atoms with E-state index in [2.05, 4.69) is 20.3 Å². The first-order valence-electron chi connectivity index (χ1n) is 6.92. The average molecular weight is 273 g/mol. The monoisotopic (exact) mass is 273 g/mol. The molecule has 1 N–H and O–H groups in total. The number of nitrogens with one attached hydrogen (secondary N) is 1. The molecule has 7 heteroatoms. The molecule has 2 aromatic rings. The molecule has 20 heavy (non-hydrogen) atoms. The summed E-state index contributed by atoms with van der Waals surface area (Å²) in [4.78, 5) is 18.3. The van der Waals surface area contributed by atoms with Crippen molar-refractivity contribution in [1.82, 2.24) is 25.2 Å². The predicted molar refractivity (Wildman–Crippen MR) is 68.1 cm³/mol. The minimum Gasteiger partial charge on any atom is -0.343 e. The van der Waals surface area contributed by atoms with Crippen LogP contribution in [0.3, 0.4) is 0 Å². The normalized spacial score (nSPS) is 22.4. The molecule has 1 aliphatic heterocycles. The van der Waals surface area contributed by atoms with Crippen molar-refractivity contribution in [3.63, 3.8) is 0 Å². The Morgan fingerprint density at radius 2 is 2.25 bits per heavy atom. The molecule has 1 atom stereocenters. The lowest BCUT2D eigenvalue weighted by molar-refractivity contribution is 0.0784. The Kier molecular flexibility index (Phi) is 2.58. The molecule has 1 aliphatic carbocycles. The number of hydrogen-bond donors (Lipinski definition) is 1. The second kappa shape index (κ2) is 4.43. The lowest BCUT2D eigenvalue weighted by atomic mass is 10.1. The third kappa shape index (κ3) is 1.99. The van der Waals surface area contributed by atoms with Crippen LogP contribution in [0, 0.1) is 0 Å². The van der Waals surface area contributed by atoms with Crippen LogP contribution in [0.4, 0.5) is 0 Å². The lowest BCUT2D eigenvalue weighted by Crippen LogP contribution is -2.28. The second-order valence-corrected chi connectivity index (χ2v) is 5.51. The van der Waals surface area contributed by atoms with E-state index in [1.807, 2.05) is 11.0 Å². The molecule has 0 aromatic carbocycles. The molecule has 0 radical (unpaired) electrons. The summed E-state index contributed by atoms with van der Waals surface area (Å²) < 4.78 is 4.76. The molecule has 104 valence electrons. The van der Waals surface area contributed by atoms with Gasteiger partial charge < -0.3 is 9.42 Å². The number of nitrogens with zero attached hydrogens (tertiary/aromatic N) is 4. The fourth-order valence-electron chi connectivity index (χ4n) is 2.73. The molecule has 1 saturated carbocycles. The number of aromatic amines is 1. The van der Waals surface area contributed by atoms with E-state index in [4.69, 9.17) is 4.52 Å². The Hall–Kier alpha value is -2.18. The molecule has 2 fully saturated rings. The Bertz CT molecular complexity index is 617. The van der Waals surface area contributed by atoms with Gasteiger partial charge >= 0.3 is 0 Å². The fraction of sp³-hybridized carbons (Fsp3) is 0.538. The topological polar surface area (TPSA) is 87.9 Å². The summed E-state index contributed by atoms with van der Waals surface area (Å²) in [5.74, 6) is 1.41. The summed E-state index contributed by atoms with van der Waals surface area (Å²) in [7, 11) is 0. The zero-order valence-corrected chi connectivity index (χ0v) is 11.0. The van der Waals surface area contributed by atoms with Crippen LogP contribution in [0.15, 0.2) is 17.0 Å². The Balaban J connectivity index is 1.46. The van der Waals surface area contributed by atoms with Crippen molar-refractivity contribution in [2.75, 3.05) is 13.1 Å². The molecule has 1 amide bonds. The zero-order chi connectivity index (χ0) is 13.5. The quantitative estimate of drug-likeness (QED) is 0.910. The van der Waals surface area contributed by atoms with Crippen molar-refractivity contribution >= 4 is 5.91 Å². The van der Waals surface area contributed by atoms with Gasteiger partial charge in [-0.2, -0.15) is 10.1 Å². The van der Waals surface area contributed by atoms with Gasteiger partial charge in [0.2, 0.25) is 6.39 Å². The number of carbonyl (C=O) groups is 1. The van der Waals surface area contributed by atoms with E-state index < -0.39 is 0 Å². The van der Waals surface area contributed by atoms with Crippen LogP contribution in [0.5, 0.6) is 0 Å². The van der Waals surface area contributed by atoms with Gasteiger partial charge in [0.25, 0.3) is 5.91 Å². The highest BCUT2D eigenvalue weighted by Gasteiger charge is 2.32. The van der Waals surface area contributed by atoms with Gasteiger partial charge in [-0.25, -0.2) is 0 Å². The summed E-state index contributed by atoms with van der Waals surface area (Å²) in [5.41, 5.74) is 1.60. The van der Waals surface area contributed by atoms with E-state index in [0.29, 0.717) is 30.5 Å². The molecule has 2 aliphatic rings. The Morgan fingerprint density at radius 3 is 3.00 bits per heavy atom. The average Bonchev–Trinajstić information content (AvgIpc) is 2.97. The number of likely N-dealkylation sites (tertiary alicyclic amines) is 1. The number of carbonyl (C=O) groups excluding carboxylic acids is 1. The van der Waals surface area contributed by atoms with Gasteiger partial charge in [0.1, 0.15) is 5.69 Å². The highest BCUT2D eigenvalue weighted by Crippen LogP contribution is 2.39. The Morgan fingerprint density at radius 1 is 1.35 bits per heavy atom. The third-order valence-corrected chi connectivity index (χ3v) is 4.05. The maximum absolute atomic E-state index is 12.4. The molecule has 0 bridgehead atoms. The number of hydrogen-bond acceptors (Lipinski definition) is 5. The first-order chi connectivity index (χ1) is 9.81. The predicted octanol–water partition coefficient (Wildman–Crippen LogP) is 1.30. The van der Waals surface area contributed by atoms with Gasteiger partial charge in [0.15, 0.2) is 5.82 Å². The van der Waals surface area contributed by atoms with Crippen molar-refractivity contribution in [2.45, 2.75) is 31.1 Å². The summed E-state index contributed by atoms with van der Waals surface area (Å²) in [6.07, 6.45) is 4.58. The summed E-state index contributed by atoms with van der Waals surface area (Å²) in [5, 5.41) is 11.0. The maximum Gasteiger partial charge on any atom is 0.274 e. The lowest BCUT2D eigenvalue weighted by Gasteiger charge is -2.13. The highest BCUT2D eigenvalue weighted by molar-refractivity contribution is 5.92. The van der Waals surface area contributed by atoms with Crippen LogP contribution in [-0.2, 0) is 0 Å². The minimum absolute atomic E-state index is 0.0147. The minimum atomic E-state index is -0.0147. The van der Waals surface area contributed by atoms with Gasteiger partial charge in [0, 0.05) is 30.6 Å². The van der Waals surface area contributed by atoms with Crippen molar-refractivity contribution < 1.29 is 9.32 Å². The molecule has 4 rings (SSSR count). The van der Waals surface area contributed by atoms with E-state index >= 15 is 0 Å². The van der Waals surface area contributed by atoms with Crippen LogP contribution in [0.1, 0.15) is 53.1 Å².